The highest BCUT2D eigenvalue weighted by molar-refractivity contribution is 7.16. The molecule has 1 aromatic heterocycles. The first-order valence-corrected chi connectivity index (χ1v) is 10.2. The molecule has 0 spiro atoms. The summed E-state index contributed by atoms with van der Waals surface area (Å²) in [6, 6.07) is 8.68. The largest absolute Gasteiger partial charge is 0.486 e. The summed E-state index contributed by atoms with van der Waals surface area (Å²) in [7, 11) is 0. The van der Waals surface area contributed by atoms with Crippen molar-refractivity contribution in [2.75, 3.05) is 19.8 Å². The fourth-order valence-electron chi connectivity index (χ4n) is 2.87. The zero-order valence-corrected chi connectivity index (χ0v) is 17.2. The van der Waals surface area contributed by atoms with Crippen molar-refractivity contribution < 1.29 is 19.0 Å². The van der Waals surface area contributed by atoms with Gasteiger partial charge in [-0.25, -0.2) is 0 Å². The van der Waals surface area contributed by atoms with Gasteiger partial charge in [0, 0.05) is 23.7 Å². The smallest absolute Gasteiger partial charge is 0.286 e. The van der Waals surface area contributed by atoms with Crippen LogP contribution in [0.15, 0.2) is 35.3 Å². The van der Waals surface area contributed by atoms with Crippen molar-refractivity contribution in [3.63, 3.8) is 0 Å². The molecular weight excluding hydrogens is 423 g/mol. The van der Waals surface area contributed by atoms with Crippen molar-refractivity contribution >= 4 is 50.7 Å². The predicted octanol–water partition coefficient (Wildman–Crippen LogP) is 4.31. The lowest BCUT2D eigenvalue weighted by atomic mass is 10.2. The Bertz CT molecular complexity index is 1120. The Balaban J connectivity index is 1.61. The van der Waals surface area contributed by atoms with Crippen molar-refractivity contribution in [1.29, 1.82) is 0 Å². The SMILES string of the molecule is CCn1c(=NC(=O)COc2ccc(Cl)cc2Cl)sc2cc3c(cc21)OCCO3. The van der Waals surface area contributed by atoms with Crippen LogP contribution in [-0.2, 0) is 11.3 Å². The third-order valence-corrected chi connectivity index (χ3v) is 5.70. The van der Waals surface area contributed by atoms with Crippen LogP contribution < -0.4 is 19.0 Å². The van der Waals surface area contributed by atoms with Crippen LogP contribution in [0.3, 0.4) is 0 Å². The molecule has 1 aliphatic heterocycles. The van der Waals surface area contributed by atoms with E-state index in [1.54, 1.807) is 18.2 Å². The van der Waals surface area contributed by atoms with Gasteiger partial charge in [-0.15, -0.1) is 0 Å². The van der Waals surface area contributed by atoms with Gasteiger partial charge >= 0.3 is 0 Å². The second-order valence-electron chi connectivity index (χ2n) is 5.96. The molecule has 0 unspecified atom stereocenters. The Labute approximate surface area is 174 Å². The topological polar surface area (TPSA) is 62.1 Å². The number of benzene rings is 2. The average Bonchev–Trinajstić information content (AvgIpc) is 3.01. The summed E-state index contributed by atoms with van der Waals surface area (Å²) in [4.78, 5) is 17.2. The molecule has 3 aromatic rings. The second-order valence-corrected chi connectivity index (χ2v) is 7.81. The van der Waals surface area contributed by atoms with Gasteiger partial charge in [-0.1, -0.05) is 34.5 Å². The van der Waals surface area contributed by atoms with Crippen LogP contribution in [0, 0.1) is 0 Å². The summed E-state index contributed by atoms with van der Waals surface area (Å²) >= 11 is 13.3. The first-order valence-electron chi connectivity index (χ1n) is 8.63. The summed E-state index contributed by atoms with van der Waals surface area (Å²) in [5.41, 5.74) is 0.949. The van der Waals surface area contributed by atoms with Crippen LogP contribution >= 0.6 is 34.5 Å². The number of carbonyl (C=O) groups is 1. The number of hydrogen-bond acceptors (Lipinski definition) is 5. The Morgan fingerprint density at radius 1 is 1.21 bits per heavy atom. The number of hydrogen-bond donors (Lipinski definition) is 0. The highest BCUT2D eigenvalue weighted by atomic mass is 35.5. The fourth-order valence-corrected chi connectivity index (χ4v) is 4.45. The summed E-state index contributed by atoms with van der Waals surface area (Å²) in [5.74, 6) is 1.40. The molecule has 0 N–H and O–H groups in total. The Morgan fingerprint density at radius 2 is 1.96 bits per heavy atom. The number of carbonyl (C=O) groups excluding carboxylic acids is 1. The van der Waals surface area contributed by atoms with E-state index in [0.29, 0.717) is 51.9 Å². The highest BCUT2D eigenvalue weighted by Gasteiger charge is 2.16. The fraction of sp³-hybridized carbons (Fsp3) is 0.263. The van der Waals surface area contributed by atoms with Crippen LogP contribution in [0.2, 0.25) is 10.0 Å². The van der Waals surface area contributed by atoms with E-state index < -0.39 is 5.91 Å². The van der Waals surface area contributed by atoms with E-state index in [-0.39, 0.29) is 6.61 Å². The van der Waals surface area contributed by atoms with E-state index in [1.165, 1.54) is 11.3 Å². The molecule has 4 rings (SSSR count). The predicted molar refractivity (Wildman–Crippen MR) is 109 cm³/mol. The molecule has 0 radical (unpaired) electrons. The maximum Gasteiger partial charge on any atom is 0.286 e. The number of fused-ring (bicyclic) bond motifs is 2. The van der Waals surface area contributed by atoms with Crippen molar-refractivity contribution in [2.45, 2.75) is 13.5 Å². The highest BCUT2D eigenvalue weighted by Crippen LogP contribution is 2.35. The number of ether oxygens (including phenoxy) is 3. The minimum Gasteiger partial charge on any atom is -0.486 e. The lowest BCUT2D eigenvalue weighted by Gasteiger charge is -2.18. The van der Waals surface area contributed by atoms with Crippen LogP contribution in [0.25, 0.3) is 10.2 Å². The number of nitrogens with zero attached hydrogens (tertiary/aromatic N) is 2. The van der Waals surface area contributed by atoms with Gasteiger partial charge in [0.15, 0.2) is 22.9 Å². The van der Waals surface area contributed by atoms with E-state index in [4.69, 9.17) is 37.4 Å². The zero-order valence-electron chi connectivity index (χ0n) is 14.9. The average molecular weight is 439 g/mol. The van der Waals surface area contributed by atoms with Crippen LogP contribution in [-0.4, -0.2) is 30.3 Å². The van der Waals surface area contributed by atoms with E-state index >= 15 is 0 Å². The third kappa shape index (κ3) is 3.83. The number of aromatic nitrogens is 1. The van der Waals surface area contributed by atoms with E-state index in [2.05, 4.69) is 4.99 Å². The van der Waals surface area contributed by atoms with Gasteiger partial charge in [0.05, 0.1) is 15.2 Å². The molecule has 9 heteroatoms. The van der Waals surface area contributed by atoms with E-state index in [9.17, 15) is 4.79 Å². The van der Waals surface area contributed by atoms with Gasteiger partial charge in [-0.3, -0.25) is 4.79 Å². The van der Waals surface area contributed by atoms with Crippen molar-refractivity contribution in [3.8, 4) is 17.2 Å². The van der Waals surface area contributed by atoms with Crippen LogP contribution in [0.1, 0.15) is 6.92 Å². The molecule has 0 saturated carbocycles. The molecule has 2 heterocycles. The normalized spacial score (nSPS) is 13.8. The molecule has 0 fully saturated rings. The third-order valence-electron chi connectivity index (χ3n) is 4.13. The van der Waals surface area contributed by atoms with Gasteiger partial charge in [0.2, 0.25) is 0 Å². The van der Waals surface area contributed by atoms with Gasteiger partial charge in [-0.2, -0.15) is 4.99 Å². The number of amides is 1. The molecule has 1 aliphatic rings. The van der Waals surface area contributed by atoms with Crippen molar-refractivity contribution in [1.82, 2.24) is 4.57 Å². The lowest BCUT2D eigenvalue weighted by Crippen LogP contribution is -2.19. The minimum atomic E-state index is -0.406. The van der Waals surface area contributed by atoms with Crippen LogP contribution in [0.5, 0.6) is 17.2 Å². The van der Waals surface area contributed by atoms with Gasteiger partial charge in [0.25, 0.3) is 5.91 Å². The number of halogens is 2. The number of rotatable bonds is 4. The lowest BCUT2D eigenvalue weighted by molar-refractivity contribution is -0.120. The van der Waals surface area contributed by atoms with Crippen molar-refractivity contribution in [2.24, 2.45) is 4.99 Å². The number of thiazole rings is 1. The zero-order chi connectivity index (χ0) is 19.7. The maximum atomic E-state index is 12.3. The minimum absolute atomic E-state index is 0.220. The summed E-state index contributed by atoms with van der Waals surface area (Å²) in [6.45, 7) is 3.49. The molecular formula is C19H16Cl2N2O4S. The quantitative estimate of drug-likeness (QED) is 0.608. The molecule has 6 nitrogen and oxygen atoms in total. The second kappa shape index (κ2) is 8.03. The Hall–Kier alpha value is -2.22. The standard InChI is InChI=1S/C19H16Cl2N2O4S/c1-2-23-13-8-15-16(26-6-5-25-15)9-17(13)28-19(23)22-18(24)10-27-14-4-3-11(20)7-12(14)21/h3-4,7-9H,2,5-6,10H2,1H3. The van der Waals surface area contributed by atoms with Gasteiger partial charge in [0.1, 0.15) is 19.0 Å². The molecule has 0 atom stereocenters. The Kier molecular flexibility index (Phi) is 5.48. The summed E-state index contributed by atoms with van der Waals surface area (Å²) in [6.07, 6.45) is 0. The first-order chi connectivity index (χ1) is 13.5. The Morgan fingerprint density at radius 3 is 2.68 bits per heavy atom. The molecule has 0 bridgehead atoms. The first kappa shape index (κ1) is 19.1. The summed E-state index contributed by atoms with van der Waals surface area (Å²) in [5, 5.41) is 0.842. The van der Waals surface area contributed by atoms with Gasteiger partial charge in [-0.05, 0) is 25.1 Å². The molecule has 2 aromatic carbocycles. The maximum absolute atomic E-state index is 12.3. The molecule has 0 aliphatic carbocycles. The van der Waals surface area contributed by atoms with Crippen molar-refractivity contribution in [3.05, 3.63) is 45.2 Å². The molecule has 146 valence electrons. The monoisotopic (exact) mass is 438 g/mol. The van der Waals surface area contributed by atoms with Crippen LogP contribution in [0.4, 0.5) is 0 Å². The summed E-state index contributed by atoms with van der Waals surface area (Å²) < 4.78 is 19.7. The molecule has 1 amide bonds. The van der Waals surface area contributed by atoms with Gasteiger partial charge < -0.3 is 18.8 Å². The number of aryl methyl sites for hydroxylation is 1. The molecule has 0 saturated heterocycles. The van der Waals surface area contributed by atoms with E-state index in [0.717, 1.165) is 10.2 Å². The van der Waals surface area contributed by atoms with E-state index in [1.807, 2.05) is 23.6 Å². The molecule has 28 heavy (non-hydrogen) atoms.